The molecular formula is C18H28N4O4. The normalized spacial score (nSPS) is 23.4. The Hall–Kier alpha value is -2.09. The summed E-state index contributed by atoms with van der Waals surface area (Å²) in [6, 6.07) is 1.67. The van der Waals surface area contributed by atoms with E-state index >= 15 is 0 Å². The first kappa shape index (κ1) is 18.7. The minimum absolute atomic E-state index is 0.0568. The molecule has 1 N–H and O–H groups in total. The van der Waals surface area contributed by atoms with Crippen LogP contribution in [0.4, 0.5) is 5.95 Å². The van der Waals surface area contributed by atoms with Gasteiger partial charge in [0.2, 0.25) is 23.6 Å². The number of nitrogens with zero attached hydrogens (tertiary/aromatic N) is 4. The van der Waals surface area contributed by atoms with Gasteiger partial charge in [0.25, 0.3) is 0 Å². The number of rotatable bonds is 6. The number of aliphatic hydroxyl groups is 1. The zero-order chi connectivity index (χ0) is 18.6. The summed E-state index contributed by atoms with van der Waals surface area (Å²) in [6.07, 6.45) is 4.21. The van der Waals surface area contributed by atoms with E-state index in [1.165, 1.54) is 0 Å². The molecule has 0 radical (unpaired) electrons. The second-order valence-corrected chi connectivity index (χ2v) is 7.17. The van der Waals surface area contributed by atoms with Gasteiger partial charge in [-0.1, -0.05) is 0 Å². The van der Waals surface area contributed by atoms with Crippen LogP contribution in [0.2, 0.25) is 0 Å². The van der Waals surface area contributed by atoms with E-state index in [0.29, 0.717) is 37.1 Å². The monoisotopic (exact) mass is 364 g/mol. The Bertz CT molecular complexity index is 619. The van der Waals surface area contributed by atoms with Crippen LogP contribution in [0.3, 0.4) is 0 Å². The topological polar surface area (TPSA) is 88.0 Å². The van der Waals surface area contributed by atoms with Crippen molar-refractivity contribution in [1.29, 1.82) is 0 Å². The van der Waals surface area contributed by atoms with Crippen LogP contribution in [0.25, 0.3) is 0 Å². The summed E-state index contributed by atoms with van der Waals surface area (Å²) in [5.41, 5.74) is 0.0568. The van der Waals surface area contributed by atoms with Crippen molar-refractivity contribution < 1.29 is 19.4 Å². The molecule has 2 saturated heterocycles. The molecule has 8 nitrogen and oxygen atoms in total. The Morgan fingerprint density at radius 3 is 2.58 bits per heavy atom. The fourth-order valence-electron chi connectivity index (χ4n) is 4.02. The quantitative estimate of drug-likeness (QED) is 0.808. The number of carbonyl (C=O) groups is 1. The highest BCUT2D eigenvalue weighted by Gasteiger charge is 2.42. The van der Waals surface area contributed by atoms with E-state index in [1.54, 1.807) is 20.3 Å². The molecule has 3 rings (SSSR count). The SMILES string of the molecule is COc1cc(OC)nc(N2CCCC3(CCC(=O)N(CCCO)C3)C2)n1. The summed E-state index contributed by atoms with van der Waals surface area (Å²) in [6.45, 7) is 3.17. The molecule has 0 saturated carbocycles. The highest BCUT2D eigenvalue weighted by molar-refractivity contribution is 5.77. The Kier molecular flexibility index (Phi) is 5.80. The number of ether oxygens (including phenoxy) is 2. The Morgan fingerprint density at radius 2 is 1.92 bits per heavy atom. The number of aromatic nitrogens is 2. The zero-order valence-corrected chi connectivity index (χ0v) is 15.6. The molecule has 2 aliphatic rings. The van der Waals surface area contributed by atoms with Crippen molar-refractivity contribution in [3.63, 3.8) is 0 Å². The van der Waals surface area contributed by atoms with Crippen molar-refractivity contribution >= 4 is 11.9 Å². The van der Waals surface area contributed by atoms with Gasteiger partial charge in [-0.3, -0.25) is 4.79 Å². The number of piperidine rings is 2. The van der Waals surface area contributed by atoms with Gasteiger partial charge >= 0.3 is 0 Å². The number of amides is 1. The van der Waals surface area contributed by atoms with E-state index in [1.807, 2.05) is 4.90 Å². The average molecular weight is 364 g/mol. The highest BCUT2D eigenvalue weighted by atomic mass is 16.5. The largest absolute Gasteiger partial charge is 0.481 e. The summed E-state index contributed by atoms with van der Waals surface area (Å²) < 4.78 is 10.5. The molecular weight excluding hydrogens is 336 g/mol. The maximum Gasteiger partial charge on any atom is 0.231 e. The maximum atomic E-state index is 12.2. The molecule has 1 amide bonds. The zero-order valence-electron chi connectivity index (χ0n) is 15.6. The molecule has 144 valence electrons. The Balaban J connectivity index is 1.77. The summed E-state index contributed by atoms with van der Waals surface area (Å²) >= 11 is 0. The van der Waals surface area contributed by atoms with Gasteiger partial charge in [-0.15, -0.1) is 0 Å². The third-order valence-corrected chi connectivity index (χ3v) is 5.36. The van der Waals surface area contributed by atoms with E-state index < -0.39 is 0 Å². The van der Waals surface area contributed by atoms with Crippen LogP contribution in [0.5, 0.6) is 11.8 Å². The fraction of sp³-hybridized carbons (Fsp3) is 0.722. The van der Waals surface area contributed by atoms with Gasteiger partial charge in [0.05, 0.1) is 20.3 Å². The van der Waals surface area contributed by atoms with E-state index in [0.717, 1.165) is 38.9 Å². The standard InChI is InChI=1S/C18H28N4O4/c1-25-14-11-15(26-2)20-17(19-14)22-8-3-6-18(13-22)7-5-16(24)21(12-18)9-4-10-23/h11,23H,3-10,12-13H2,1-2H3. The highest BCUT2D eigenvalue weighted by Crippen LogP contribution is 2.40. The van der Waals surface area contributed by atoms with Gasteiger partial charge < -0.3 is 24.4 Å². The number of methoxy groups -OCH3 is 2. The first-order valence-electron chi connectivity index (χ1n) is 9.20. The third kappa shape index (κ3) is 4.00. The van der Waals surface area contributed by atoms with Crippen molar-refractivity contribution in [2.45, 2.75) is 32.1 Å². The number of hydrogen-bond donors (Lipinski definition) is 1. The molecule has 3 heterocycles. The second-order valence-electron chi connectivity index (χ2n) is 7.17. The maximum absolute atomic E-state index is 12.2. The first-order valence-corrected chi connectivity index (χ1v) is 9.20. The minimum Gasteiger partial charge on any atom is -0.481 e. The van der Waals surface area contributed by atoms with E-state index in [9.17, 15) is 4.79 Å². The number of hydrogen-bond acceptors (Lipinski definition) is 7. The molecule has 26 heavy (non-hydrogen) atoms. The second kappa shape index (κ2) is 8.07. The van der Waals surface area contributed by atoms with Crippen molar-refractivity contribution in [3.05, 3.63) is 6.07 Å². The first-order chi connectivity index (χ1) is 12.6. The van der Waals surface area contributed by atoms with Gasteiger partial charge in [0.1, 0.15) is 0 Å². The van der Waals surface area contributed by atoms with Crippen LogP contribution in [0.1, 0.15) is 32.1 Å². The van der Waals surface area contributed by atoms with Crippen LogP contribution in [0.15, 0.2) is 6.07 Å². The summed E-state index contributed by atoms with van der Waals surface area (Å²) in [7, 11) is 3.16. The van der Waals surface area contributed by atoms with Crippen molar-refractivity contribution in [2.24, 2.45) is 5.41 Å². The average Bonchev–Trinajstić information content (AvgIpc) is 2.68. The lowest BCUT2D eigenvalue weighted by atomic mass is 9.73. The van der Waals surface area contributed by atoms with Gasteiger partial charge in [0.15, 0.2) is 0 Å². The van der Waals surface area contributed by atoms with Crippen molar-refractivity contribution in [3.8, 4) is 11.8 Å². The molecule has 1 atom stereocenters. The van der Waals surface area contributed by atoms with Crippen LogP contribution in [-0.2, 0) is 4.79 Å². The number of likely N-dealkylation sites (tertiary alicyclic amines) is 1. The predicted molar refractivity (Wildman–Crippen MR) is 96.5 cm³/mol. The molecule has 1 spiro atoms. The van der Waals surface area contributed by atoms with E-state index in [4.69, 9.17) is 14.6 Å². The molecule has 0 aromatic carbocycles. The lowest BCUT2D eigenvalue weighted by molar-refractivity contribution is -0.138. The number of anilines is 1. The Morgan fingerprint density at radius 1 is 1.19 bits per heavy atom. The molecule has 1 unspecified atom stereocenters. The van der Waals surface area contributed by atoms with Crippen LogP contribution in [-0.4, -0.2) is 72.9 Å². The smallest absolute Gasteiger partial charge is 0.231 e. The lowest BCUT2D eigenvalue weighted by Crippen LogP contribution is -2.54. The van der Waals surface area contributed by atoms with Crippen molar-refractivity contribution in [1.82, 2.24) is 14.9 Å². The molecule has 2 fully saturated rings. The van der Waals surface area contributed by atoms with Gasteiger partial charge in [0, 0.05) is 44.6 Å². The molecule has 2 aliphatic heterocycles. The van der Waals surface area contributed by atoms with Gasteiger partial charge in [-0.05, 0) is 25.7 Å². The molecule has 1 aromatic rings. The summed E-state index contributed by atoms with van der Waals surface area (Å²) in [4.78, 5) is 25.3. The van der Waals surface area contributed by atoms with Gasteiger partial charge in [-0.2, -0.15) is 9.97 Å². The minimum atomic E-state index is 0.0568. The lowest BCUT2D eigenvalue weighted by Gasteiger charge is -2.48. The molecule has 0 bridgehead atoms. The molecule has 8 heteroatoms. The van der Waals surface area contributed by atoms with Gasteiger partial charge in [-0.25, -0.2) is 0 Å². The van der Waals surface area contributed by atoms with Crippen LogP contribution < -0.4 is 14.4 Å². The predicted octanol–water partition coefficient (Wildman–Crippen LogP) is 1.09. The Labute approximate surface area is 154 Å². The molecule has 0 aliphatic carbocycles. The number of aliphatic hydroxyl groups excluding tert-OH is 1. The molecule has 1 aromatic heterocycles. The van der Waals surface area contributed by atoms with Crippen LogP contribution in [0, 0.1) is 5.41 Å². The fourth-order valence-corrected chi connectivity index (χ4v) is 4.02. The summed E-state index contributed by atoms with van der Waals surface area (Å²) in [5.74, 6) is 1.77. The van der Waals surface area contributed by atoms with Crippen LogP contribution >= 0.6 is 0 Å². The number of carbonyl (C=O) groups excluding carboxylic acids is 1. The van der Waals surface area contributed by atoms with E-state index in [2.05, 4.69) is 14.9 Å². The third-order valence-electron chi connectivity index (χ3n) is 5.36. The van der Waals surface area contributed by atoms with E-state index in [-0.39, 0.29) is 17.9 Å². The summed E-state index contributed by atoms with van der Waals surface area (Å²) in [5, 5.41) is 9.09. The van der Waals surface area contributed by atoms with Crippen molar-refractivity contribution in [2.75, 3.05) is 51.9 Å².